The summed E-state index contributed by atoms with van der Waals surface area (Å²) in [4.78, 5) is 25.2. The van der Waals surface area contributed by atoms with Crippen LogP contribution in [0.3, 0.4) is 0 Å². The number of hydrogen-bond acceptors (Lipinski definition) is 6. The van der Waals surface area contributed by atoms with Crippen molar-refractivity contribution in [2.24, 2.45) is 0 Å². The number of anilines is 2. The number of hydrogen-bond donors (Lipinski definition) is 2. The van der Waals surface area contributed by atoms with Gasteiger partial charge in [-0.3, -0.25) is 4.79 Å². The van der Waals surface area contributed by atoms with Crippen molar-refractivity contribution in [3.8, 4) is 0 Å². The quantitative estimate of drug-likeness (QED) is 0.762. The highest BCUT2D eigenvalue weighted by molar-refractivity contribution is 7.17. The third-order valence-electron chi connectivity index (χ3n) is 2.80. The Balaban J connectivity index is 2.08. The highest BCUT2D eigenvalue weighted by Crippen LogP contribution is 2.22. The maximum Gasteiger partial charge on any atom is 0.267 e. The number of nitrogens with zero attached hydrogens (tertiary/aromatic N) is 3. The van der Waals surface area contributed by atoms with Gasteiger partial charge in [-0.05, 0) is 26.0 Å². The first-order valence-electron chi connectivity index (χ1n) is 7.02. The predicted molar refractivity (Wildman–Crippen MR) is 97.5 cm³/mol. The molecule has 0 aliphatic heterocycles. The van der Waals surface area contributed by atoms with Gasteiger partial charge in [0, 0.05) is 6.20 Å². The van der Waals surface area contributed by atoms with E-state index < -0.39 is 0 Å². The van der Waals surface area contributed by atoms with Crippen molar-refractivity contribution in [2.45, 2.75) is 13.8 Å². The molecule has 8 heteroatoms. The van der Waals surface area contributed by atoms with Crippen LogP contribution in [0.1, 0.15) is 22.4 Å². The van der Waals surface area contributed by atoms with Crippen LogP contribution in [0.15, 0.2) is 54.0 Å². The molecule has 0 radical (unpaired) electrons. The summed E-state index contributed by atoms with van der Waals surface area (Å²) < 4.78 is 0. The van der Waals surface area contributed by atoms with Gasteiger partial charge in [-0.1, -0.05) is 41.7 Å². The lowest BCUT2D eigenvalue weighted by atomic mass is 10.3. The van der Waals surface area contributed by atoms with E-state index in [1.54, 1.807) is 44.3 Å². The van der Waals surface area contributed by atoms with Gasteiger partial charge in [0.05, 0.1) is 16.9 Å². The van der Waals surface area contributed by atoms with Crippen molar-refractivity contribution in [3.05, 3.63) is 64.7 Å². The van der Waals surface area contributed by atoms with Gasteiger partial charge in [0.1, 0.15) is 16.5 Å². The molecule has 2 rings (SSSR count). The molecule has 0 fully saturated rings. The lowest BCUT2D eigenvalue weighted by molar-refractivity contribution is 0.0970. The summed E-state index contributed by atoms with van der Waals surface area (Å²) in [6.45, 7) is 7.16. The molecule has 6 nitrogen and oxygen atoms in total. The van der Waals surface area contributed by atoms with Crippen molar-refractivity contribution in [2.75, 3.05) is 5.32 Å². The maximum atomic E-state index is 12.3. The molecule has 0 aliphatic rings. The molecule has 2 aromatic heterocycles. The zero-order valence-electron chi connectivity index (χ0n) is 13.2. The summed E-state index contributed by atoms with van der Waals surface area (Å²) in [6, 6.07) is 1.73. The van der Waals surface area contributed by atoms with Crippen LogP contribution in [-0.4, -0.2) is 20.9 Å². The fourth-order valence-corrected chi connectivity index (χ4v) is 2.68. The largest absolute Gasteiger partial charge is 0.320 e. The number of allylic oxidation sites excluding steroid dienone is 4. The number of carbonyl (C=O) groups is 1. The summed E-state index contributed by atoms with van der Waals surface area (Å²) in [6.07, 6.45) is 8.02. The summed E-state index contributed by atoms with van der Waals surface area (Å²) in [7, 11) is 0. The average Bonchev–Trinajstić information content (AvgIpc) is 3.01. The van der Waals surface area contributed by atoms with Crippen molar-refractivity contribution < 1.29 is 4.79 Å². The van der Waals surface area contributed by atoms with Gasteiger partial charge in [0.15, 0.2) is 5.13 Å². The zero-order valence-corrected chi connectivity index (χ0v) is 14.8. The molecule has 0 spiro atoms. The van der Waals surface area contributed by atoms with Gasteiger partial charge < -0.3 is 10.6 Å². The molecule has 0 unspecified atom stereocenters. The Hall–Kier alpha value is -2.51. The smallest absolute Gasteiger partial charge is 0.267 e. The van der Waals surface area contributed by atoms with Gasteiger partial charge in [0.2, 0.25) is 0 Å². The van der Waals surface area contributed by atoms with E-state index in [1.807, 2.05) is 0 Å². The molecule has 2 N–H and O–H groups in total. The van der Waals surface area contributed by atoms with Crippen LogP contribution < -0.4 is 10.6 Å². The summed E-state index contributed by atoms with van der Waals surface area (Å²) in [5.41, 5.74) is 0.510. The van der Waals surface area contributed by atoms with Gasteiger partial charge in [-0.25, -0.2) is 15.0 Å². The fourth-order valence-electron chi connectivity index (χ4n) is 1.72. The van der Waals surface area contributed by atoms with Crippen LogP contribution >= 0.6 is 22.9 Å². The molecule has 0 aromatic carbocycles. The Kier molecular flexibility index (Phi) is 6.22. The fraction of sp³-hybridized carbons (Fsp3) is 0.125. The average molecular weight is 362 g/mol. The zero-order chi connectivity index (χ0) is 17.5. The van der Waals surface area contributed by atoms with E-state index in [9.17, 15) is 4.79 Å². The first-order valence-corrected chi connectivity index (χ1v) is 8.21. The third-order valence-corrected chi connectivity index (χ3v) is 4.04. The Bertz CT molecular complexity index is 812. The summed E-state index contributed by atoms with van der Waals surface area (Å²) in [5.74, 6) is 0.980. The van der Waals surface area contributed by atoms with E-state index >= 15 is 0 Å². The van der Waals surface area contributed by atoms with E-state index in [1.165, 1.54) is 17.5 Å². The minimum absolute atomic E-state index is 0.289. The number of thiazole rings is 1. The van der Waals surface area contributed by atoms with E-state index in [-0.39, 0.29) is 5.91 Å². The van der Waals surface area contributed by atoms with Crippen molar-refractivity contribution in [3.63, 3.8) is 0 Å². The molecule has 24 heavy (non-hydrogen) atoms. The van der Waals surface area contributed by atoms with E-state index in [2.05, 4.69) is 32.2 Å². The standard InChI is InChI=1S/C16H16ClN5OS/c1-4-6-11(17)12(5-2)21-15(23)13-9-19-16(24-13)22-14-7-8-18-10(3)20-14/h4-9H,1H2,2-3H3,(H,21,23)(H,18,19,20,22)/b11-6+,12-5-. The van der Waals surface area contributed by atoms with Crippen LogP contribution in [0.2, 0.25) is 0 Å². The monoisotopic (exact) mass is 361 g/mol. The van der Waals surface area contributed by atoms with E-state index in [4.69, 9.17) is 11.6 Å². The number of rotatable bonds is 6. The van der Waals surface area contributed by atoms with E-state index in [0.29, 0.717) is 32.4 Å². The molecule has 0 saturated heterocycles. The minimum atomic E-state index is -0.289. The van der Waals surface area contributed by atoms with Crippen LogP contribution in [-0.2, 0) is 0 Å². The van der Waals surface area contributed by atoms with Crippen LogP contribution in [0.25, 0.3) is 0 Å². The number of carbonyl (C=O) groups excluding carboxylic acids is 1. The molecular weight excluding hydrogens is 346 g/mol. The summed E-state index contributed by atoms with van der Waals surface area (Å²) >= 11 is 7.29. The number of aryl methyl sites for hydroxylation is 1. The normalized spacial score (nSPS) is 12.0. The second-order valence-corrected chi connectivity index (χ2v) is 5.99. The molecule has 0 aliphatic carbocycles. The second-order valence-electron chi connectivity index (χ2n) is 4.55. The topological polar surface area (TPSA) is 79.8 Å². The van der Waals surface area contributed by atoms with Crippen LogP contribution in [0, 0.1) is 6.92 Å². The van der Waals surface area contributed by atoms with Crippen LogP contribution in [0.5, 0.6) is 0 Å². The van der Waals surface area contributed by atoms with E-state index in [0.717, 1.165) is 0 Å². The van der Waals surface area contributed by atoms with Crippen molar-refractivity contribution >= 4 is 39.8 Å². The SMILES string of the molecule is C=C/C=C(Cl)\C(=C\C)NC(=O)c1cnc(Nc2ccnc(C)n2)s1. The number of nitrogens with one attached hydrogen (secondary N) is 2. The predicted octanol–water partition coefficient (Wildman–Crippen LogP) is 3.93. The molecule has 1 amide bonds. The third kappa shape index (κ3) is 4.74. The molecular formula is C16H16ClN5OS. The lowest BCUT2D eigenvalue weighted by Crippen LogP contribution is -2.22. The second kappa shape index (κ2) is 8.37. The number of aromatic nitrogens is 3. The Morgan fingerprint density at radius 2 is 2.21 bits per heavy atom. The maximum absolute atomic E-state index is 12.3. The van der Waals surface area contributed by atoms with Crippen molar-refractivity contribution in [1.29, 1.82) is 0 Å². The van der Waals surface area contributed by atoms with Gasteiger partial charge in [-0.2, -0.15) is 0 Å². The van der Waals surface area contributed by atoms with Gasteiger partial charge >= 0.3 is 0 Å². The van der Waals surface area contributed by atoms with Crippen LogP contribution in [0.4, 0.5) is 10.9 Å². The highest BCUT2D eigenvalue weighted by atomic mass is 35.5. The number of halogens is 1. The first kappa shape index (κ1) is 17.8. The number of amides is 1. The molecule has 0 bridgehead atoms. The Morgan fingerprint density at radius 1 is 1.42 bits per heavy atom. The van der Waals surface area contributed by atoms with Crippen molar-refractivity contribution in [1.82, 2.24) is 20.3 Å². The Labute approximate surface area is 149 Å². The first-order chi connectivity index (χ1) is 11.5. The molecule has 0 saturated carbocycles. The van der Waals surface area contributed by atoms with Gasteiger partial charge in [0.25, 0.3) is 5.91 Å². The summed E-state index contributed by atoms with van der Waals surface area (Å²) in [5, 5.41) is 6.75. The minimum Gasteiger partial charge on any atom is -0.320 e. The highest BCUT2D eigenvalue weighted by Gasteiger charge is 2.13. The molecule has 0 atom stereocenters. The lowest BCUT2D eigenvalue weighted by Gasteiger charge is -2.06. The van der Waals surface area contributed by atoms with Gasteiger partial charge in [-0.15, -0.1) is 0 Å². The molecule has 2 heterocycles. The Morgan fingerprint density at radius 3 is 2.88 bits per heavy atom. The molecule has 124 valence electrons. The molecule has 2 aromatic rings.